The fourth-order valence-corrected chi connectivity index (χ4v) is 2.77. The van der Waals surface area contributed by atoms with Crippen molar-refractivity contribution in [3.8, 4) is 0 Å². The molecule has 0 bridgehead atoms. The summed E-state index contributed by atoms with van der Waals surface area (Å²) in [5.41, 5.74) is 0.199. The highest BCUT2D eigenvalue weighted by Gasteiger charge is 2.21. The number of amides is 1. The fourth-order valence-electron chi connectivity index (χ4n) is 2.16. The normalized spacial score (nSPS) is 17.4. The Bertz CT molecular complexity index is 704. The molecule has 1 fully saturated rings. The van der Waals surface area contributed by atoms with Gasteiger partial charge in [0.05, 0.1) is 5.75 Å². The monoisotopic (exact) mass is 340 g/mol. The first-order chi connectivity index (χ1) is 11.1. The van der Waals surface area contributed by atoms with Crippen LogP contribution < -0.4 is 5.32 Å². The highest BCUT2D eigenvalue weighted by atomic mass is 32.2. The number of carbonyl (C=O) groups excluding carboxylic acids is 1. The van der Waals surface area contributed by atoms with Gasteiger partial charge in [0.2, 0.25) is 11.1 Å². The molecule has 1 saturated heterocycles. The second kappa shape index (κ2) is 7.05. The van der Waals surface area contributed by atoms with Gasteiger partial charge in [0.1, 0.15) is 6.10 Å². The van der Waals surface area contributed by atoms with E-state index in [0.717, 1.165) is 36.7 Å². The van der Waals surface area contributed by atoms with E-state index in [2.05, 4.69) is 20.5 Å². The van der Waals surface area contributed by atoms with Gasteiger partial charge >= 0.3 is 0 Å². The van der Waals surface area contributed by atoms with Crippen LogP contribution in [0.15, 0.2) is 23.4 Å². The van der Waals surface area contributed by atoms with Crippen molar-refractivity contribution in [2.24, 2.45) is 0 Å². The average molecular weight is 340 g/mol. The van der Waals surface area contributed by atoms with Crippen molar-refractivity contribution in [2.75, 3.05) is 17.7 Å². The van der Waals surface area contributed by atoms with E-state index >= 15 is 0 Å². The summed E-state index contributed by atoms with van der Waals surface area (Å²) < 4.78 is 31.4. The molecule has 0 unspecified atom stereocenters. The molecule has 23 heavy (non-hydrogen) atoms. The van der Waals surface area contributed by atoms with Crippen LogP contribution >= 0.6 is 11.8 Å². The summed E-state index contributed by atoms with van der Waals surface area (Å²) in [5.74, 6) is -1.61. The lowest BCUT2D eigenvalue weighted by molar-refractivity contribution is -0.113. The van der Waals surface area contributed by atoms with Crippen molar-refractivity contribution >= 4 is 23.4 Å². The third kappa shape index (κ3) is 4.05. The smallest absolute Gasteiger partial charge is 0.234 e. The number of aromatic amines is 1. The third-order valence-corrected chi connectivity index (χ3v) is 4.10. The fraction of sp³-hybridized carbons (Fsp3) is 0.357. The molecule has 1 amide bonds. The van der Waals surface area contributed by atoms with Crippen LogP contribution in [0.3, 0.4) is 0 Å². The maximum Gasteiger partial charge on any atom is 0.234 e. The minimum Gasteiger partial charge on any atom is -0.370 e. The van der Waals surface area contributed by atoms with Crippen molar-refractivity contribution in [1.29, 1.82) is 0 Å². The molecule has 1 aliphatic heterocycles. The third-order valence-electron chi connectivity index (χ3n) is 3.25. The SMILES string of the molecule is O=C(CSc1n[nH]c([C@H]2CCCO2)n1)Nc1ccc(F)c(F)c1. The van der Waals surface area contributed by atoms with Gasteiger partial charge in [-0.3, -0.25) is 9.89 Å². The minimum absolute atomic E-state index is 0.0574. The first-order valence-electron chi connectivity index (χ1n) is 7.03. The van der Waals surface area contributed by atoms with Gasteiger partial charge in [0.15, 0.2) is 17.5 Å². The maximum atomic E-state index is 13.1. The number of H-pyrrole nitrogens is 1. The predicted molar refractivity (Wildman–Crippen MR) is 80.0 cm³/mol. The van der Waals surface area contributed by atoms with E-state index in [-0.39, 0.29) is 23.5 Å². The molecule has 2 heterocycles. The van der Waals surface area contributed by atoms with Crippen LogP contribution in [0.4, 0.5) is 14.5 Å². The zero-order chi connectivity index (χ0) is 16.2. The molecule has 0 aliphatic carbocycles. The van der Waals surface area contributed by atoms with Gasteiger partial charge in [0, 0.05) is 18.4 Å². The molecule has 1 aliphatic rings. The van der Waals surface area contributed by atoms with E-state index in [9.17, 15) is 13.6 Å². The van der Waals surface area contributed by atoms with Gasteiger partial charge < -0.3 is 10.1 Å². The number of anilines is 1. The molecule has 2 N–H and O–H groups in total. The average Bonchev–Trinajstić information content (AvgIpc) is 3.19. The van der Waals surface area contributed by atoms with Crippen LogP contribution in [0.25, 0.3) is 0 Å². The highest BCUT2D eigenvalue weighted by Crippen LogP contribution is 2.27. The van der Waals surface area contributed by atoms with Crippen LogP contribution in [0.5, 0.6) is 0 Å². The Morgan fingerprint density at radius 2 is 2.30 bits per heavy atom. The molecule has 0 saturated carbocycles. The Balaban J connectivity index is 1.51. The number of nitrogens with one attached hydrogen (secondary N) is 2. The number of carbonyl (C=O) groups is 1. The molecule has 1 atom stereocenters. The lowest BCUT2D eigenvalue weighted by Crippen LogP contribution is -2.14. The van der Waals surface area contributed by atoms with Crippen LogP contribution in [0, 0.1) is 11.6 Å². The molecule has 3 rings (SSSR count). The van der Waals surface area contributed by atoms with E-state index in [1.54, 1.807) is 0 Å². The minimum atomic E-state index is -1.01. The summed E-state index contributed by atoms with van der Waals surface area (Å²) in [5, 5.41) is 9.75. The quantitative estimate of drug-likeness (QED) is 0.818. The van der Waals surface area contributed by atoms with Gasteiger partial charge in [0.25, 0.3) is 0 Å². The van der Waals surface area contributed by atoms with E-state index in [1.807, 2.05) is 0 Å². The standard InChI is InChI=1S/C14H14F2N4O2S/c15-9-4-3-8(6-10(9)16)17-12(21)7-23-14-18-13(19-20-14)11-2-1-5-22-11/h3-4,6,11H,1-2,5,7H2,(H,17,21)(H,18,19,20)/t11-/m1/s1. The Morgan fingerprint density at radius 1 is 1.43 bits per heavy atom. The van der Waals surface area contributed by atoms with E-state index < -0.39 is 11.6 Å². The summed E-state index contributed by atoms with van der Waals surface area (Å²) >= 11 is 1.15. The zero-order valence-corrected chi connectivity index (χ0v) is 12.8. The van der Waals surface area contributed by atoms with E-state index in [4.69, 9.17) is 4.74 Å². The largest absolute Gasteiger partial charge is 0.370 e. The number of ether oxygens (including phenoxy) is 1. The van der Waals surface area contributed by atoms with E-state index in [0.29, 0.717) is 17.6 Å². The molecular weight excluding hydrogens is 326 g/mol. The number of hydrogen-bond acceptors (Lipinski definition) is 5. The van der Waals surface area contributed by atoms with Crippen LogP contribution in [0.2, 0.25) is 0 Å². The second-order valence-corrected chi connectivity index (χ2v) is 5.91. The van der Waals surface area contributed by atoms with E-state index in [1.165, 1.54) is 6.07 Å². The number of nitrogens with zero attached hydrogens (tertiary/aromatic N) is 2. The van der Waals surface area contributed by atoms with Gasteiger partial charge in [-0.1, -0.05) is 11.8 Å². The second-order valence-electron chi connectivity index (χ2n) is 4.97. The van der Waals surface area contributed by atoms with Gasteiger partial charge in [-0.25, -0.2) is 13.8 Å². The molecule has 2 aromatic rings. The van der Waals surface area contributed by atoms with Crippen molar-refractivity contribution in [1.82, 2.24) is 15.2 Å². The number of aromatic nitrogens is 3. The van der Waals surface area contributed by atoms with Gasteiger partial charge in [-0.15, -0.1) is 5.10 Å². The highest BCUT2D eigenvalue weighted by molar-refractivity contribution is 7.99. The Hall–Kier alpha value is -2.00. The van der Waals surface area contributed by atoms with Crippen molar-refractivity contribution in [3.63, 3.8) is 0 Å². The van der Waals surface area contributed by atoms with Crippen molar-refractivity contribution in [2.45, 2.75) is 24.1 Å². The van der Waals surface area contributed by atoms with Crippen LogP contribution in [-0.2, 0) is 9.53 Å². The summed E-state index contributed by atoms with van der Waals surface area (Å²) in [6.45, 7) is 0.713. The van der Waals surface area contributed by atoms with Crippen LogP contribution in [-0.4, -0.2) is 33.4 Å². The number of hydrogen-bond donors (Lipinski definition) is 2. The number of benzene rings is 1. The molecule has 0 spiro atoms. The summed E-state index contributed by atoms with van der Waals surface area (Å²) in [4.78, 5) is 16.1. The zero-order valence-electron chi connectivity index (χ0n) is 12.0. The summed E-state index contributed by atoms with van der Waals surface area (Å²) in [6.07, 6.45) is 1.83. The predicted octanol–water partition coefficient (Wildman–Crippen LogP) is 2.67. The van der Waals surface area contributed by atoms with Gasteiger partial charge in [-0.05, 0) is 25.0 Å². The molecule has 0 radical (unpaired) electrons. The molecule has 6 nitrogen and oxygen atoms in total. The Labute approximate surface area is 135 Å². The molecule has 9 heteroatoms. The van der Waals surface area contributed by atoms with Crippen LogP contribution in [0.1, 0.15) is 24.8 Å². The van der Waals surface area contributed by atoms with Crippen molar-refractivity contribution < 1.29 is 18.3 Å². The first kappa shape index (κ1) is 15.9. The lowest BCUT2D eigenvalue weighted by Gasteiger charge is -2.04. The number of halogens is 2. The Morgan fingerprint density at radius 3 is 3.04 bits per heavy atom. The lowest BCUT2D eigenvalue weighted by atomic mass is 10.2. The molecule has 1 aromatic heterocycles. The molecule has 122 valence electrons. The van der Waals surface area contributed by atoms with Gasteiger partial charge in [-0.2, -0.15) is 0 Å². The summed E-state index contributed by atoms with van der Waals surface area (Å²) in [7, 11) is 0. The molecule has 1 aromatic carbocycles. The first-order valence-corrected chi connectivity index (χ1v) is 8.02. The number of thioether (sulfide) groups is 1. The molecular formula is C14H14F2N4O2S. The topological polar surface area (TPSA) is 79.9 Å². The Kier molecular flexibility index (Phi) is 4.87. The number of rotatable bonds is 5. The van der Waals surface area contributed by atoms with Crippen molar-refractivity contribution in [3.05, 3.63) is 35.7 Å². The summed E-state index contributed by atoms with van der Waals surface area (Å²) in [6, 6.07) is 3.19. The maximum absolute atomic E-state index is 13.1.